The third-order valence-corrected chi connectivity index (χ3v) is 2.97. The number of hydrogen-bond acceptors (Lipinski definition) is 1. The summed E-state index contributed by atoms with van der Waals surface area (Å²) in [6.07, 6.45) is -0.669. The Hall–Kier alpha value is -2.17. The van der Waals surface area contributed by atoms with Crippen LogP contribution in [0.5, 0.6) is 0 Å². The van der Waals surface area contributed by atoms with Crippen molar-refractivity contribution in [1.29, 1.82) is 0 Å². The number of ketones is 1. The Morgan fingerprint density at radius 1 is 0.950 bits per heavy atom. The Morgan fingerprint density at radius 2 is 1.55 bits per heavy atom. The van der Waals surface area contributed by atoms with Gasteiger partial charge >= 0.3 is 0 Å². The van der Waals surface area contributed by atoms with Gasteiger partial charge in [-0.2, -0.15) is 0 Å². The molecule has 5 heteroatoms. The highest BCUT2D eigenvalue weighted by Crippen LogP contribution is 2.19. The van der Waals surface area contributed by atoms with Crippen LogP contribution >= 0.6 is 0 Å². The number of aryl methyl sites for hydroxylation is 1. The maximum atomic E-state index is 13.6. The summed E-state index contributed by atoms with van der Waals surface area (Å²) < 4.78 is 53.8. The van der Waals surface area contributed by atoms with Crippen molar-refractivity contribution in [2.24, 2.45) is 0 Å². The summed E-state index contributed by atoms with van der Waals surface area (Å²) in [5, 5.41) is 0. The molecule has 0 amide bonds. The molecule has 0 radical (unpaired) electrons. The van der Waals surface area contributed by atoms with E-state index in [1.54, 1.807) is 0 Å². The first kappa shape index (κ1) is 14.2. The molecule has 0 aliphatic rings. The summed E-state index contributed by atoms with van der Waals surface area (Å²) in [6, 6.07) is 5.50. The van der Waals surface area contributed by atoms with Crippen LogP contribution in [0.4, 0.5) is 17.6 Å². The maximum absolute atomic E-state index is 13.6. The molecule has 104 valence electrons. The summed E-state index contributed by atoms with van der Waals surface area (Å²) in [5.41, 5.74) is -0.926. The van der Waals surface area contributed by atoms with E-state index >= 15 is 0 Å². The average Bonchev–Trinajstić information content (AvgIpc) is 2.40. The molecule has 0 aliphatic heterocycles. The highest BCUT2D eigenvalue weighted by molar-refractivity contribution is 5.97. The van der Waals surface area contributed by atoms with E-state index < -0.39 is 46.6 Å². The van der Waals surface area contributed by atoms with E-state index in [0.29, 0.717) is 0 Å². The van der Waals surface area contributed by atoms with Crippen LogP contribution in [0.1, 0.15) is 21.5 Å². The highest BCUT2D eigenvalue weighted by Gasteiger charge is 2.20. The fourth-order valence-electron chi connectivity index (χ4n) is 1.82. The molecule has 0 aromatic heterocycles. The minimum atomic E-state index is -1.30. The molecule has 0 bridgehead atoms. The monoisotopic (exact) mass is 282 g/mol. The molecular formula is C15H10F4O. The molecule has 0 spiro atoms. The molecule has 2 aromatic rings. The predicted octanol–water partition coefficient (Wildman–Crippen LogP) is 3.98. The molecule has 0 N–H and O–H groups in total. The normalized spacial score (nSPS) is 10.7. The SMILES string of the molecule is Cc1ccc(C(=O)Cc2c(F)cccc2F)c(F)c1F. The number of hydrogen-bond donors (Lipinski definition) is 0. The molecule has 0 unspecified atom stereocenters. The molecule has 0 fully saturated rings. The predicted molar refractivity (Wildman–Crippen MR) is 65.5 cm³/mol. The van der Waals surface area contributed by atoms with Crippen molar-refractivity contribution >= 4 is 5.78 Å². The van der Waals surface area contributed by atoms with Crippen molar-refractivity contribution in [3.63, 3.8) is 0 Å². The number of Topliss-reactive ketones (excluding diaryl/α,β-unsaturated/α-hetero) is 1. The number of halogens is 4. The second-order valence-electron chi connectivity index (χ2n) is 4.36. The van der Waals surface area contributed by atoms with Crippen molar-refractivity contribution in [1.82, 2.24) is 0 Å². The van der Waals surface area contributed by atoms with Gasteiger partial charge in [-0.3, -0.25) is 4.79 Å². The molecule has 0 saturated heterocycles. The van der Waals surface area contributed by atoms with Gasteiger partial charge in [0.05, 0.1) is 5.56 Å². The van der Waals surface area contributed by atoms with Crippen molar-refractivity contribution in [3.05, 3.63) is 70.3 Å². The number of rotatable bonds is 3. The van der Waals surface area contributed by atoms with Crippen molar-refractivity contribution < 1.29 is 22.4 Å². The fourth-order valence-corrected chi connectivity index (χ4v) is 1.82. The zero-order valence-electron chi connectivity index (χ0n) is 10.5. The van der Waals surface area contributed by atoms with Gasteiger partial charge in [0.2, 0.25) is 0 Å². The quantitative estimate of drug-likeness (QED) is 0.615. The first-order valence-corrected chi connectivity index (χ1v) is 5.82. The van der Waals surface area contributed by atoms with Crippen LogP contribution < -0.4 is 0 Å². The Balaban J connectivity index is 2.36. The van der Waals surface area contributed by atoms with Gasteiger partial charge in [-0.15, -0.1) is 0 Å². The van der Waals surface area contributed by atoms with E-state index in [1.807, 2.05) is 0 Å². The Kier molecular flexibility index (Phi) is 3.88. The summed E-state index contributed by atoms with van der Waals surface area (Å²) in [5.74, 6) is -5.11. The van der Waals surface area contributed by atoms with Crippen LogP contribution in [0.3, 0.4) is 0 Å². The van der Waals surface area contributed by atoms with E-state index in [0.717, 1.165) is 24.3 Å². The first-order valence-electron chi connectivity index (χ1n) is 5.82. The van der Waals surface area contributed by atoms with Crippen molar-refractivity contribution in [2.45, 2.75) is 13.3 Å². The van der Waals surface area contributed by atoms with Gasteiger partial charge in [0, 0.05) is 12.0 Å². The Bertz CT molecular complexity index is 660. The molecule has 1 nitrogen and oxygen atoms in total. The lowest BCUT2D eigenvalue weighted by Crippen LogP contribution is -2.10. The van der Waals surface area contributed by atoms with Gasteiger partial charge in [0.15, 0.2) is 17.4 Å². The van der Waals surface area contributed by atoms with E-state index in [9.17, 15) is 22.4 Å². The van der Waals surface area contributed by atoms with Crippen LogP contribution in [0, 0.1) is 30.2 Å². The maximum Gasteiger partial charge on any atom is 0.170 e. The third kappa shape index (κ3) is 2.57. The van der Waals surface area contributed by atoms with Crippen LogP contribution in [0.25, 0.3) is 0 Å². The third-order valence-electron chi connectivity index (χ3n) is 2.97. The van der Waals surface area contributed by atoms with Crippen LogP contribution in [-0.4, -0.2) is 5.78 Å². The van der Waals surface area contributed by atoms with E-state index in [-0.39, 0.29) is 5.56 Å². The summed E-state index contributed by atoms with van der Waals surface area (Å²) >= 11 is 0. The van der Waals surface area contributed by atoms with Gasteiger partial charge in [-0.05, 0) is 30.7 Å². The number of carbonyl (C=O) groups is 1. The summed E-state index contributed by atoms with van der Waals surface area (Å²) in [7, 11) is 0. The topological polar surface area (TPSA) is 17.1 Å². The standard InChI is InChI=1S/C15H10F4O/c1-8-5-6-9(15(19)14(8)18)13(20)7-10-11(16)3-2-4-12(10)17/h2-6H,7H2,1H3. The lowest BCUT2D eigenvalue weighted by molar-refractivity contribution is 0.0985. The smallest absolute Gasteiger partial charge is 0.170 e. The first-order chi connectivity index (χ1) is 9.41. The average molecular weight is 282 g/mol. The molecule has 0 atom stereocenters. The van der Waals surface area contributed by atoms with E-state index in [2.05, 4.69) is 0 Å². The summed E-state index contributed by atoms with van der Waals surface area (Å²) in [6.45, 7) is 1.35. The van der Waals surface area contributed by atoms with Crippen molar-refractivity contribution in [2.75, 3.05) is 0 Å². The Labute approximate surface area is 112 Å². The van der Waals surface area contributed by atoms with E-state index in [4.69, 9.17) is 0 Å². The minimum Gasteiger partial charge on any atom is -0.294 e. The van der Waals surface area contributed by atoms with Gasteiger partial charge in [-0.1, -0.05) is 12.1 Å². The molecule has 20 heavy (non-hydrogen) atoms. The van der Waals surface area contributed by atoms with Gasteiger partial charge in [-0.25, -0.2) is 17.6 Å². The van der Waals surface area contributed by atoms with Crippen LogP contribution in [-0.2, 0) is 6.42 Å². The van der Waals surface area contributed by atoms with Gasteiger partial charge in [0.25, 0.3) is 0 Å². The van der Waals surface area contributed by atoms with Gasteiger partial charge < -0.3 is 0 Å². The van der Waals surface area contributed by atoms with E-state index in [1.165, 1.54) is 13.0 Å². The molecule has 0 heterocycles. The largest absolute Gasteiger partial charge is 0.294 e. The van der Waals surface area contributed by atoms with Crippen LogP contribution in [0.2, 0.25) is 0 Å². The lowest BCUT2D eigenvalue weighted by Gasteiger charge is -2.07. The highest BCUT2D eigenvalue weighted by atomic mass is 19.2. The molecular weight excluding hydrogens is 272 g/mol. The molecule has 0 aliphatic carbocycles. The minimum absolute atomic E-state index is 0.0520. The molecule has 2 rings (SSSR count). The summed E-state index contributed by atoms with van der Waals surface area (Å²) in [4.78, 5) is 11.9. The van der Waals surface area contributed by atoms with Gasteiger partial charge in [0.1, 0.15) is 11.6 Å². The Morgan fingerprint density at radius 3 is 2.15 bits per heavy atom. The van der Waals surface area contributed by atoms with Crippen molar-refractivity contribution in [3.8, 4) is 0 Å². The molecule has 2 aromatic carbocycles. The zero-order chi connectivity index (χ0) is 14.9. The second-order valence-corrected chi connectivity index (χ2v) is 4.36. The number of benzene rings is 2. The van der Waals surface area contributed by atoms with Crippen LogP contribution in [0.15, 0.2) is 30.3 Å². The number of carbonyl (C=O) groups excluding carboxylic acids is 1. The molecule has 0 saturated carbocycles. The fraction of sp³-hybridized carbons (Fsp3) is 0.133. The lowest BCUT2D eigenvalue weighted by atomic mass is 10.0. The second kappa shape index (κ2) is 5.45. The zero-order valence-corrected chi connectivity index (χ0v) is 10.5.